The molecule has 1 N–H and O–H groups in total. The molecule has 0 bridgehead atoms. The van der Waals surface area contributed by atoms with Gasteiger partial charge in [0, 0.05) is 25.3 Å². The van der Waals surface area contributed by atoms with Gasteiger partial charge in [0.2, 0.25) is 5.88 Å². The van der Waals surface area contributed by atoms with Crippen molar-refractivity contribution in [3.05, 3.63) is 44.6 Å². The van der Waals surface area contributed by atoms with Crippen LogP contribution in [0.3, 0.4) is 0 Å². The maximum atomic E-state index is 10.7. The highest BCUT2D eigenvalue weighted by molar-refractivity contribution is 6.32. The third-order valence-corrected chi connectivity index (χ3v) is 3.40. The molecular weight excluding hydrogens is 296 g/mol. The lowest BCUT2D eigenvalue weighted by Gasteiger charge is -2.08. The molecule has 2 aromatic rings. The number of hydrogen-bond donors (Lipinski definition) is 1. The molecule has 0 saturated carbocycles. The number of halogens is 1. The molecule has 0 unspecified atom stereocenters. The highest BCUT2D eigenvalue weighted by Crippen LogP contribution is 2.28. The van der Waals surface area contributed by atoms with Crippen LogP contribution in [0.5, 0.6) is 5.88 Å². The fourth-order valence-corrected chi connectivity index (χ4v) is 2.34. The third kappa shape index (κ3) is 3.08. The van der Waals surface area contributed by atoms with Crippen LogP contribution in [0.1, 0.15) is 11.3 Å². The summed E-state index contributed by atoms with van der Waals surface area (Å²) in [5.74, 6) is 0.674. The molecule has 7 nitrogen and oxygen atoms in total. The van der Waals surface area contributed by atoms with Crippen molar-refractivity contribution in [2.75, 3.05) is 12.4 Å². The summed E-state index contributed by atoms with van der Waals surface area (Å²) in [6.45, 7) is 2.37. The van der Waals surface area contributed by atoms with Gasteiger partial charge in [-0.05, 0) is 19.1 Å². The highest BCUT2D eigenvalue weighted by atomic mass is 35.5. The van der Waals surface area contributed by atoms with Gasteiger partial charge in [-0.3, -0.25) is 10.1 Å². The summed E-state index contributed by atoms with van der Waals surface area (Å²) < 4.78 is 6.97. The van der Waals surface area contributed by atoms with E-state index in [1.54, 1.807) is 24.9 Å². The van der Waals surface area contributed by atoms with E-state index in [-0.39, 0.29) is 10.7 Å². The summed E-state index contributed by atoms with van der Waals surface area (Å²) in [4.78, 5) is 10.2. The first kappa shape index (κ1) is 15.1. The van der Waals surface area contributed by atoms with E-state index >= 15 is 0 Å². The molecule has 0 atom stereocenters. The lowest BCUT2D eigenvalue weighted by molar-refractivity contribution is -0.384. The number of aryl methyl sites for hydroxylation is 2. The van der Waals surface area contributed by atoms with Crippen molar-refractivity contribution in [1.82, 2.24) is 9.78 Å². The number of methoxy groups -OCH3 is 1. The maximum Gasteiger partial charge on any atom is 0.288 e. The minimum absolute atomic E-state index is 0.0971. The summed E-state index contributed by atoms with van der Waals surface area (Å²) in [5.41, 5.74) is 2.36. The second kappa shape index (κ2) is 6.01. The number of nitro groups is 1. The van der Waals surface area contributed by atoms with Gasteiger partial charge in [-0.25, -0.2) is 4.68 Å². The number of nitrogens with one attached hydrogen (secondary N) is 1. The average Bonchev–Trinajstić information content (AvgIpc) is 2.69. The van der Waals surface area contributed by atoms with Crippen LogP contribution in [-0.2, 0) is 13.6 Å². The van der Waals surface area contributed by atoms with Crippen LogP contribution in [0.4, 0.5) is 11.4 Å². The zero-order valence-corrected chi connectivity index (χ0v) is 12.6. The van der Waals surface area contributed by atoms with E-state index in [0.29, 0.717) is 18.1 Å². The average molecular weight is 311 g/mol. The molecule has 0 saturated heterocycles. The number of nitro benzene ring substituents is 1. The Bertz CT molecular complexity index is 684. The maximum absolute atomic E-state index is 10.7. The summed E-state index contributed by atoms with van der Waals surface area (Å²) in [6, 6.07) is 4.51. The van der Waals surface area contributed by atoms with Crippen LogP contribution in [-0.4, -0.2) is 21.8 Å². The van der Waals surface area contributed by atoms with Crippen molar-refractivity contribution in [2.45, 2.75) is 13.5 Å². The molecule has 8 heteroatoms. The van der Waals surface area contributed by atoms with Gasteiger partial charge in [0.25, 0.3) is 5.69 Å². The van der Waals surface area contributed by atoms with Crippen molar-refractivity contribution in [3.8, 4) is 5.88 Å². The summed E-state index contributed by atoms with van der Waals surface area (Å²) in [5, 5.41) is 18.3. The number of nitrogens with zero attached hydrogens (tertiary/aromatic N) is 3. The van der Waals surface area contributed by atoms with Crippen LogP contribution in [0.2, 0.25) is 5.02 Å². The summed E-state index contributed by atoms with van der Waals surface area (Å²) >= 11 is 5.88. The lowest BCUT2D eigenvalue weighted by atomic mass is 10.2. The van der Waals surface area contributed by atoms with Crippen LogP contribution in [0.25, 0.3) is 0 Å². The predicted octanol–water partition coefficient (Wildman–Crippen LogP) is 2.91. The topological polar surface area (TPSA) is 82.2 Å². The van der Waals surface area contributed by atoms with Gasteiger partial charge < -0.3 is 10.1 Å². The number of hydrogen-bond acceptors (Lipinski definition) is 5. The lowest BCUT2D eigenvalue weighted by Crippen LogP contribution is -2.03. The molecule has 1 aromatic carbocycles. The molecule has 21 heavy (non-hydrogen) atoms. The fraction of sp³-hybridized carbons (Fsp3) is 0.308. The van der Waals surface area contributed by atoms with E-state index in [2.05, 4.69) is 10.4 Å². The number of benzene rings is 1. The monoisotopic (exact) mass is 310 g/mol. The van der Waals surface area contributed by atoms with Gasteiger partial charge in [0.15, 0.2) is 0 Å². The Morgan fingerprint density at radius 1 is 1.52 bits per heavy atom. The van der Waals surface area contributed by atoms with E-state index in [0.717, 1.165) is 11.3 Å². The first-order chi connectivity index (χ1) is 9.93. The standard InChI is InChI=1S/C13H15ClN4O3/c1-8-10(13(21-3)17(2)16-8)7-15-9-4-5-12(18(19)20)11(14)6-9/h4-6,15H,7H2,1-3H3. The van der Waals surface area contributed by atoms with Gasteiger partial charge in [0.1, 0.15) is 5.02 Å². The summed E-state index contributed by atoms with van der Waals surface area (Å²) in [6.07, 6.45) is 0. The Kier molecular flexibility index (Phi) is 4.32. The van der Waals surface area contributed by atoms with Crippen LogP contribution < -0.4 is 10.1 Å². The number of ether oxygens (including phenoxy) is 1. The van der Waals surface area contributed by atoms with E-state index in [1.807, 2.05) is 6.92 Å². The third-order valence-electron chi connectivity index (χ3n) is 3.10. The zero-order chi connectivity index (χ0) is 15.6. The smallest absolute Gasteiger partial charge is 0.288 e. The Labute approximate surface area is 126 Å². The number of rotatable bonds is 5. The van der Waals surface area contributed by atoms with Gasteiger partial charge in [0.05, 0.1) is 23.3 Å². The van der Waals surface area contributed by atoms with Gasteiger partial charge in [-0.15, -0.1) is 0 Å². The molecule has 0 fully saturated rings. The zero-order valence-electron chi connectivity index (χ0n) is 11.9. The largest absolute Gasteiger partial charge is 0.481 e. The molecule has 0 radical (unpaired) electrons. The Morgan fingerprint density at radius 2 is 2.24 bits per heavy atom. The summed E-state index contributed by atoms with van der Waals surface area (Å²) in [7, 11) is 3.39. The molecule has 0 aliphatic carbocycles. The molecular formula is C13H15ClN4O3. The minimum Gasteiger partial charge on any atom is -0.481 e. The number of anilines is 1. The van der Waals surface area contributed by atoms with Crippen molar-refractivity contribution < 1.29 is 9.66 Å². The van der Waals surface area contributed by atoms with E-state index in [9.17, 15) is 10.1 Å². The molecule has 0 aliphatic heterocycles. The Balaban J connectivity index is 2.17. The van der Waals surface area contributed by atoms with Gasteiger partial charge >= 0.3 is 0 Å². The molecule has 1 heterocycles. The molecule has 2 rings (SSSR count). The molecule has 1 aromatic heterocycles. The van der Waals surface area contributed by atoms with Crippen molar-refractivity contribution >= 4 is 23.0 Å². The Hall–Kier alpha value is -2.28. The van der Waals surface area contributed by atoms with Crippen molar-refractivity contribution in [1.29, 1.82) is 0 Å². The fourth-order valence-electron chi connectivity index (χ4n) is 2.10. The predicted molar refractivity (Wildman–Crippen MR) is 79.9 cm³/mol. The molecule has 0 spiro atoms. The highest BCUT2D eigenvalue weighted by Gasteiger charge is 2.15. The van der Waals surface area contributed by atoms with E-state index in [1.165, 1.54) is 12.1 Å². The van der Waals surface area contributed by atoms with Crippen LogP contribution in [0, 0.1) is 17.0 Å². The van der Waals surface area contributed by atoms with Crippen LogP contribution >= 0.6 is 11.6 Å². The SMILES string of the molecule is COc1c(CNc2ccc([N+](=O)[O-])c(Cl)c2)c(C)nn1C. The van der Waals surface area contributed by atoms with Crippen LogP contribution in [0.15, 0.2) is 18.2 Å². The molecule has 0 amide bonds. The first-order valence-electron chi connectivity index (χ1n) is 6.18. The second-order valence-electron chi connectivity index (χ2n) is 4.47. The Morgan fingerprint density at radius 3 is 2.81 bits per heavy atom. The minimum atomic E-state index is -0.513. The number of aromatic nitrogens is 2. The van der Waals surface area contributed by atoms with E-state index < -0.39 is 4.92 Å². The van der Waals surface area contributed by atoms with E-state index in [4.69, 9.17) is 16.3 Å². The van der Waals surface area contributed by atoms with Gasteiger partial charge in [-0.1, -0.05) is 11.6 Å². The normalized spacial score (nSPS) is 10.5. The molecule has 112 valence electrons. The van der Waals surface area contributed by atoms with Gasteiger partial charge in [-0.2, -0.15) is 5.10 Å². The van der Waals surface area contributed by atoms with Crippen molar-refractivity contribution in [2.24, 2.45) is 7.05 Å². The van der Waals surface area contributed by atoms with Crippen molar-refractivity contribution in [3.63, 3.8) is 0 Å². The quantitative estimate of drug-likeness (QED) is 0.678. The second-order valence-corrected chi connectivity index (χ2v) is 4.88. The first-order valence-corrected chi connectivity index (χ1v) is 6.56. The molecule has 0 aliphatic rings.